The first kappa shape index (κ1) is 23.0. The van der Waals surface area contributed by atoms with Gasteiger partial charge in [-0.1, -0.05) is 43.7 Å². The van der Waals surface area contributed by atoms with Crippen molar-refractivity contribution >= 4 is 25.4 Å². The molecule has 1 saturated heterocycles. The van der Waals surface area contributed by atoms with E-state index in [0.717, 1.165) is 19.3 Å². The first-order chi connectivity index (χ1) is 11.7. The molecule has 1 aliphatic rings. The fourth-order valence-corrected chi connectivity index (χ4v) is 3.49. The van der Waals surface area contributed by atoms with Crippen LogP contribution in [0.4, 0.5) is 0 Å². The van der Waals surface area contributed by atoms with E-state index in [9.17, 15) is 4.79 Å². The van der Waals surface area contributed by atoms with Crippen LogP contribution in [-0.4, -0.2) is 24.2 Å². The van der Waals surface area contributed by atoms with Gasteiger partial charge in [-0.3, -0.25) is 4.79 Å². The Morgan fingerprint density at radius 2 is 1.65 bits per heavy atom. The average molecular weight is 382 g/mol. The highest BCUT2D eigenvalue weighted by Gasteiger charge is 2.55. The number of carbonyl (C=O) groups is 1. The molecule has 0 aromatic heterocycles. The monoisotopic (exact) mass is 381 g/mol. The number of carbonyl (C=O) groups excluding carboxylic acids is 1. The summed E-state index contributed by atoms with van der Waals surface area (Å²) in [5, 5.41) is 0. The van der Waals surface area contributed by atoms with E-state index in [2.05, 4.69) is 24.3 Å². The molecule has 4 nitrogen and oxygen atoms in total. The molecule has 1 aromatic carbocycles. The molecule has 1 aromatic rings. The molecule has 0 bridgehead atoms. The molecule has 6 heteroatoms. The number of primary amides is 1. The third-order valence-electron chi connectivity index (χ3n) is 5.79. The van der Waals surface area contributed by atoms with E-state index in [1.165, 1.54) is 5.56 Å². The van der Waals surface area contributed by atoms with Gasteiger partial charge in [0.2, 0.25) is 5.91 Å². The number of nitrogens with two attached hydrogens (primary N) is 1. The van der Waals surface area contributed by atoms with Crippen LogP contribution in [0.5, 0.6) is 0 Å². The Morgan fingerprint density at radius 1 is 1.12 bits per heavy atom. The van der Waals surface area contributed by atoms with Crippen molar-refractivity contribution in [3.63, 3.8) is 0 Å². The van der Waals surface area contributed by atoms with Crippen LogP contribution in [0, 0.1) is 5.92 Å². The molecule has 0 saturated carbocycles. The van der Waals surface area contributed by atoms with Crippen molar-refractivity contribution in [3.05, 3.63) is 35.9 Å². The van der Waals surface area contributed by atoms with Crippen LogP contribution in [0.1, 0.15) is 59.4 Å². The molecule has 1 aliphatic heterocycles. The lowest BCUT2D eigenvalue weighted by Gasteiger charge is -2.32. The van der Waals surface area contributed by atoms with Gasteiger partial charge in [0.15, 0.2) is 0 Å². The molecule has 26 heavy (non-hydrogen) atoms. The number of halogens is 1. The van der Waals surface area contributed by atoms with Gasteiger partial charge in [0.25, 0.3) is 0 Å². The van der Waals surface area contributed by atoms with Gasteiger partial charge in [-0.25, -0.2) is 0 Å². The Labute approximate surface area is 164 Å². The van der Waals surface area contributed by atoms with Crippen LogP contribution in [0.3, 0.4) is 0 Å². The Bertz CT molecular complexity index is 564. The van der Waals surface area contributed by atoms with Gasteiger partial charge in [-0.05, 0) is 52.5 Å². The van der Waals surface area contributed by atoms with Gasteiger partial charge in [0, 0.05) is 11.7 Å². The normalized spacial score (nSPS) is 20.3. The van der Waals surface area contributed by atoms with E-state index in [-0.39, 0.29) is 30.0 Å². The number of aryl methyl sites for hydroxylation is 1. The minimum atomic E-state index is -0.398. The maximum Gasteiger partial charge on any atom is 0.461 e. The molecule has 0 aliphatic carbocycles. The number of amides is 1. The molecule has 2 atom stereocenters. The molecular formula is C20H33BClNO3. The minimum Gasteiger partial charge on any atom is -0.403 e. The maximum atomic E-state index is 12.0. The van der Waals surface area contributed by atoms with Crippen molar-refractivity contribution < 1.29 is 14.1 Å². The van der Waals surface area contributed by atoms with Crippen molar-refractivity contribution in [1.29, 1.82) is 0 Å². The quantitative estimate of drug-likeness (QED) is 0.679. The van der Waals surface area contributed by atoms with Gasteiger partial charge in [-0.15, -0.1) is 12.4 Å². The fraction of sp³-hybridized carbons (Fsp3) is 0.650. The Morgan fingerprint density at radius 3 is 2.12 bits per heavy atom. The highest BCUT2D eigenvalue weighted by Crippen LogP contribution is 2.44. The van der Waals surface area contributed by atoms with Crippen molar-refractivity contribution in [2.75, 3.05) is 0 Å². The fourth-order valence-electron chi connectivity index (χ4n) is 3.49. The largest absolute Gasteiger partial charge is 0.461 e. The van der Waals surface area contributed by atoms with E-state index in [4.69, 9.17) is 15.0 Å². The molecular weight excluding hydrogens is 348 g/mol. The summed E-state index contributed by atoms with van der Waals surface area (Å²) < 4.78 is 12.5. The summed E-state index contributed by atoms with van der Waals surface area (Å²) in [5.74, 6) is -0.514. The third kappa shape index (κ3) is 5.24. The zero-order valence-corrected chi connectivity index (χ0v) is 17.5. The second-order valence-corrected chi connectivity index (χ2v) is 8.08. The second kappa shape index (κ2) is 9.25. The molecule has 1 heterocycles. The maximum absolute atomic E-state index is 12.0. The van der Waals surface area contributed by atoms with E-state index < -0.39 is 18.3 Å². The Hall–Kier alpha value is -1.04. The molecule has 1 fully saturated rings. The van der Waals surface area contributed by atoms with Crippen LogP contribution in [0.2, 0.25) is 5.82 Å². The molecule has 1 unspecified atom stereocenters. The highest BCUT2D eigenvalue weighted by molar-refractivity contribution is 6.48. The predicted molar refractivity (Wildman–Crippen MR) is 109 cm³/mol. The van der Waals surface area contributed by atoms with Gasteiger partial charge in [0.1, 0.15) is 0 Å². The summed E-state index contributed by atoms with van der Waals surface area (Å²) in [6.45, 7) is 10.2. The second-order valence-electron chi connectivity index (χ2n) is 8.08. The molecule has 2 rings (SSSR count). The smallest absolute Gasteiger partial charge is 0.403 e. The molecule has 2 N–H and O–H groups in total. The third-order valence-corrected chi connectivity index (χ3v) is 5.79. The Balaban J connectivity index is 0.00000338. The van der Waals surface area contributed by atoms with Gasteiger partial charge < -0.3 is 15.0 Å². The Kier molecular flexibility index (Phi) is 8.18. The SMILES string of the molecule is CCC(C(N)=O)[C@@H](CCCc1ccccc1)B1OC(C)(C)C(C)(C)O1.Cl. The lowest BCUT2D eigenvalue weighted by molar-refractivity contribution is -0.122. The van der Waals surface area contributed by atoms with Crippen LogP contribution < -0.4 is 5.73 Å². The predicted octanol–water partition coefficient (Wildman–Crippen LogP) is 4.41. The van der Waals surface area contributed by atoms with Crippen molar-refractivity contribution in [3.8, 4) is 0 Å². The number of hydrogen-bond donors (Lipinski definition) is 1. The van der Waals surface area contributed by atoms with Crippen LogP contribution >= 0.6 is 12.4 Å². The van der Waals surface area contributed by atoms with Crippen molar-refractivity contribution in [1.82, 2.24) is 0 Å². The highest BCUT2D eigenvalue weighted by atomic mass is 35.5. The molecule has 0 radical (unpaired) electrons. The standard InChI is InChI=1S/C20H32BNO3.ClH/c1-6-16(18(22)23)17(14-10-13-15-11-8-7-9-12-15)21-24-19(2,3)20(4,5)25-21;/h7-9,11-12,16-17H,6,10,13-14H2,1-5H3,(H2,22,23);1H/t16?,17-;/m1./s1. The van der Waals surface area contributed by atoms with E-state index in [1.807, 2.05) is 40.7 Å². The van der Waals surface area contributed by atoms with Crippen molar-refractivity contribution in [2.24, 2.45) is 11.7 Å². The molecule has 1 amide bonds. The van der Waals surface area contributed by atoms with Gasteiger partial charge >= 0.3 is 7.12 Å². The van der Waals surface area contributed by atoms with E-state index in [1.54, 1.807) is 0 Å². The zero-order valence-electron chi connectivity index (χ0n) is 16.7. The summed E-state index contributed by atoms with van der Waals surface area (Å²) in [7, 11) is -0.391. The number of hydrogen-bond acceptors (Lipinski definition) is 3. The summed E-state index contributed by atoms with van der Waals surface area (Å²) in [6, 6.07) is 10.4. The molecule has 0 spiro atoms. The first-order valence-corrected chi connectivity index (χ1v) is 9.37. The van der Waals surface area contributed by atoms with Gasteiger partial charge in [-0.2, -0.15) is 0 Å². The average Bonchev–Trinajstić information content (AvgIpc) is 2.75. The van der Waals surface area contributed by atoms with Crippen LogP contribution in [0.25, 0.3) is 0 Å². The summed E-state index contributed by atoms with van der Waals surface area (Å²) in [5.41, 5.74) is 6.20. The lowest BCUT2D eigenvalue weighted by Crippen LogP contribution is -2.41. The van der Waals surface area contributed by atoms with Gasteiger partial charge in [0.05, 0.1) is 11.2 Å². The zero-order chi connectivity index (χ0) is 18.7. The topological polar surface area (TPSA) is 61.6 Å². The van der Waals surface area contributed by atoms with E-state index in [0.29, 0.717) is 6.42 Å². The molecule has 146 valence electrons. The van der Waals surface area contributed by atoms with E-state index >= 15 is 0 Å². The van der Waals surface area contributed by atoms with Crippen LogP contribution in [0.15, 0.2) is 30.3 Å². The van der Waals surface area contributed by atoms with Crippen molar-refractivity contribution in [2.45, 2.75) is 77.3 Å². The summed E-state index contributed by atoms with van der Waals surface area (Å²) in [4.78, 5) is 12.0. The summed E-state index contributed by atoms with van der Waals surface area (Å²) >= 11 is 0. The summed E-state index contributed by atoms with van der Waals surface area (Å²) in [6.07, 6.45) is 3.51. The number of rotatable bonds is 8. The minimum absolute atomic E-state index is 0. The lowest BCUT2D eigenvalue weighted by atomic mass is 9.61. The number of benzene rings is 1. The van der Waals surface area contributed by atoms with Crippen LogP contribution in [-0.2, 0) is 20.5 Å². The first-order valence-electron chi connectivity index (χ1n) is 9.37.